The summed E-state index contributed by atoms with van der Waals surface area (Å²) in [4.78, 5) is 10.6. The smallest absolute Gasteiger partial charge is 0.132 e. The van der Waals surface area contributed by atoms with Gasteiger partial charge in [0, 0.05) is 19.8 Å². The van der Waals surface area contributed by atoms with E-state index in [4.69, 9.17) is 0 Å². The predicted molar refractivity (Wildman–Crippen MR) is 70.1 cm³/mol. The van der Waals surface area contributed by atoms with Crippen LogP contribution in [0.25, 0.3) is 0 Å². The maximum Gasteiger partial charge on any atom is 0.132 e. The number of aryl methyl sites for hydroxylation is 2. The fourth-order valence-corrected chi connectivity index (χ4v) is 1.70. The third-order valence-electron chi connectivity index (χ3n) is 2.69. The molecule has 1 aromatic carbocycles. The van der Waals surface area contributed by atoms with E-state index in [0.717, 1.165) is 18.2 Å². The Hall–Kier alpha value is -1.90. The van der Waals surface area contributed by atoms with Crippen LogP contribution in [-0.2, 0) is 6.54 Å². The monoisotopic (exact) mass is 227 g/mol. The van der Waals surface area contributed by atoms with Crippen molar-refractivity contribution in [3.63, 3.8) is 0 Å². The second kappa shape index (κ2) is 4.95. The molecule has 2 aromatic rings. The Morgan fingerprint density at radius 1 is 1.06 bits per heavy atom. The molecule has 0 atom stereocenters. The van der Waals surface area contributed by atoms with Crippen LogP contribution in [0.4, 0.5) is 5.82 Å². The Morgan fingerprint density at radius 2 is 1.76 bits per heavy atom. The molecule has 0 aliphatic rings. The highest BCUT2D eigenvalue weighted by molar-refractivity contribution is 5.37. The van der Waals surface area contributed by atoms with E-state index in [2.05, 4.69) is 46.1 Å². The van der Waals surface area contributed by atoms with Gasteiger partial charge < -0.3 is 4.90 Å². The maximum atomic E-state index is 4.40. The van der Waals surface area contributed by atoms with Crippen LogP contribution >= 0.6 is 0 Å². The molecule has 0 aliphatic heterocycles. The Bertz CT molecular complexity index is 491. The minimum Gasteiger partial charge on any atom is -0.355 e. The molecule has 0 radical (unpaired) electrons. The van der Waals surface area contributed by atoms with Gasteiger partial charge in [-0.15, -0.1) is 0 Å². The van der Waals surface area contributed by atoms with Gasteiger partial charge in [0.25, 0.3) is 0 Å². The third kappa shape index (κ3) is 3.03. The number of nitrogens with zero attached hydrogens (tertiary/aromatic N) is 3. The van der Waals surface area contributed by atoms with E-state index < -0.39 is 0 Å². The van der Waals surface area contributed by atoms with E-state index in [9.17, 15) is 0 Å². The third-order valence-corrected chi connectivity index (χ3v) is 2.69. The lowest BCUT2D eigenvalue weighted by molar-refractivity contribution is 0.879. The van der Waals surface area contributed by atoms with Gasteiger partial charge in [0.2, 0.25) is 0 Å². The number of hydrogen-bond acceptors (Lipinski definition) is 3. The van der Waals surface area contributed by atoms with Crippen molar-refractivity contribution >= 4 is 5.82 Å². The summed E-state index contributed by atoms with van der Waals surface area (Å²) in [6.45, 7) is 4.86. The standard InChI is InChI=1S/C14H17N3/c1-11-4-6-13(7-5-11)10-17(3)14-8-9-15-12(2)16-14/h4-9H,10H2,1-3H3. The molecular formula is C14H17N3. The topological polar surface area (TPSA) is 29.0 Å². The molecule has 0 saturated carbocycles. The molecule has 88 valence electrons. The van der Waals surface area contributed by atoms with Crippen molar-refractivity contribution in [3.05, 3.63) is 53.5 Å². The van der Waals surface area contributed by atoms with Gasteiger partial charge in [0.1, 0.15) is 11.6 Å². The zero-order valence-electron chi connectivity index (χ0n) is 10.5. The van der Waals surface area contributed by atoms with Crippen LogP contribution in [0.3, 0.4) is 0 Å². The SMILES string of the molecule is Cc1ccc(CN(C)c2ccnc(C)n2)cc1. The van der Waals surface area contributed by atoms with E-state index >= 15 is 0 Å². The van der Waals surface area contributed by atoms with Crippen LogP contribution in [-0.4, -0.2) is 17.0 Å². The normalized spacial score (nSPS) is 10.3. The van der Waals surface area contributed by atoms with Crippen LogP contribution in [0.2, 0.25) is 0 Å². The molecular weight excluding hydrogens is 210 g/mol. The molecule has 0 saturated heterocycles. The molecule has 1 heterocycles. The molecule has 0 unspecified atom stereocenters. The molecule has 3 heteroatoms. The van der Waals surface area contributed by atoms with Crippen molar-refractivity contribution in [2.45, 2.75) is 20.4 Å². The van der Waals surface area contributed by atoms with Gasteiger partial charge in [0.05, 0.1) is 0 Å². The molecule has 0 N–H and O–H groups in total. The molecule has 17 heavy (non-hydrogen) atoms. The Balaban J connectivity index is 2.11. The van der Waals surface area contributed by atoms with Gasteiger partial charge in [0.15, 0.2) is 0 Å². The van der Waals surface area contributed by atoms with Gasteiger partial charge in [-0.3, -0.25) is 0 Å². The number of anilines is 1. The molecule has 0 amide bonds. The molecule has 1 aromatic heterocycles. The molecule has 3 nitrogen and oxygen atoms in total. The van der Waals surface area contributed by atoms with E-state index in [-0.39, 0.29) is 0 Å². The zero-order chi connectivity index (χ0) is 12.3. The highest BCUT2D eigenvalue weighted by Gasteiger charge is 2.03. The van der Waals surface area contributed by atoms with Crippen LogP contribution < -0.4 is 4.90 Å². The zero-order valence-corrected chi connectivity index (χ0v) is 10.5. The summed E-state index contributed by atoms with van der Waals surface area (Å²) in [6, 6.07) is 10.5. The second-order valence-corrected chi connectivity index (χ2v) is 4.30. The molecule has 0 fully saturated rings. The summed E-state index contributed by atoms with van der Waals surface area (Å²) < 4.78 is 0. The van der Waals surface area contributed by atoms with Crippen LogP contribution in [0.15, 0.2) is 36.5 Å². The fourth-order valence-electron chi connectivity index (χ4n) is 1.70. The first-order valence-electron chi connectivity index (χ1n) is 5.71. The Kier molecular flexibility index (Phi) is 3.38. The first-order chi connectivity index (χ1) is 8.15. The number of rotatable bonds is 3. The molecule has 0 aliphatic carbocycles. The maximum absolute atomic E-state index is 4.40. The van der Waals surface area contributed by atoms with Crippen molar-refractivity contribution in [3.8, 4) is 0 Å². The lowest BCUT2D eigenvalue weighted by Gasteiger charge is -2.18. The number of benzene rings is 1. The van der Waals surface area contributed by atoms with Crippen LogP contribution in [0.5, 0.6) is 0 Å². The lowest BCUT2D eigenvalue weighted by atomic mass is 10.1. The Labute approximate surface area is 102 Å². The van der Waals surface area contributed by atoms with Crippen LogP contribution in [0.1, 0.15) is 17.0 Å². The van der Waals surface area contributed by atoms with E-state index in [1.807, 2.05) is 20.0 Å². The summed E-state index contributed by atoms with van der Waals surface area (Å²) in [6.07, 6.45) is 1.79. The van der Waals surface area contributed by atoms with Crippen molar-refractivity contribution in [2.24, 2.45) is 0 Å². The average Bonchev–Trinajstić information content (AvgIpc) is 2.32. The first kappa shape index (κ1) is 11.6. The summed E-state index contributed by atoms with van der Waals surface area (Å²) in [5.74, 6) is 1.76. The summed E-state index contributed by atoms with van der Waals surface area (Å²) in [5, 5.41) is 0. The summed E-state index contributed by atoms with van der Waals surface area (Å²) >= 11 is 0. The quantitative estimate of drug-likeness (QED) is 0.807. The van der Waals surface area contributed by atoms with Gasteiger partial charge in [-0.2, -0.15) is 0 Å². The van der Waals surface area contributed by atoms with Crippen molar-refractivity contribution in [2.75, 3.05) is 11.9 Å². The second-order valence-electron chi connectivity index (χ2n) is 4.30. The van der Waals surface area contributed by atoms with Gasteiger partial charge in [-0.1, -0.05) is 29.8 Å². The minimum absolute atomic E-state index is 0.804. The highest BCUT2D eigenvalue weighted by atomic mass is 15.2. The van der Waals surface area contributed by atoms with Crippen molar-refractivity contribution < 1.29 is 0 Å². The largest absolute Gasteiger partial charge is 0.355 e. The Morgan fingerprint density at radius 3 is 2.41 bits per heavy atom. The average molecular weight is 227 g/mol. The highest BCUT2D eigenvalue weighted by Crippen LogP contribution is 2.12. The van der Waals surface area contributed by atoms with E-state index in [0.29, 0.717) is 0 Å². The fraction of sp³-hybridized carbons (Fsp3) is 0.286. The number of aromatic nitrogens is 2. The van der Waals surface area contributed by atoms with Gasteiger partial charge in [-0.25, -0.2) is 9.97 Å². The van der Waals surface area contributed by atoms with Crippen molar-refractivity contribution in [1.82, 2.24) is 9.97 Å². The first-order valence-corrected chi connectivity index (χ1v) is 5.71. The van der Waals surface area contributed by atoms with Gasteiger partial charge in [-0.05, 0) is 25.5 Å². The molecule has 2 rings (SSSR count). The lowest BCUT2D eigenvalue weighted by Crippen LogP contribution is -2.18. The summed E-state index contributed by atoms with van der Waals surface area (Å²) in [7, 11) is 2.04. The molecule has 0 bridgehead atoms. The predicted octanol–water partition coefficient (Wildman–Crippen LogP) is 2.73. The van der Waals surface area contributed by atoms with E-state index in [1.165, 1.54) is 11.1 Å². The van der Waals surface area contributed by atoms with Gasteiger partial charge >= 0.3 is 0 Å². The molecule has 0 spiro atoms. The van der Waals surface area contributed by atoms with Crippen molar-refractivity contribution in [1.29, 1.82) is 0 Å². The number of hydrogen-bond donors (Lipinski definition) is 0. The minimum atomic E-state index is 0.804. The van der Waals surface area contributed by atoms with E-state index in [1.54, 1.807) is 6.20 Å². The summed E-state index contributed by atoms with van der Waals surface area (Å²) in [5.41, 5.74) is 2.57. The van der Waals surface area contributed by atoms with Crippen LogP contribution in [0, 0.1) is 13.8 Å².